The van der Waals surface area contributed by atoms with Crippen molar-refractivity contribution in [3.05, 3.63) is 23.5 Å². The molecule has 1 aromatic heterocycles. The molecule has 4 N–H and O–H groups in total. The number of nitrogens with zero attached hydrogens (tertiary/aromatic N) is 1. The topological polar surface area (TPSA) is 79.4 Å². The first kappa shape index (κ1) is 9.95. The number of hydrogen-bond donors (Lipinski definition) is 3. The lowest BCUT2D eigenvalue weighted by molar-refractivity contribution is 0.298. The smallest absolute Gasteiger partial charge is 0.0472 e. The third kappa shape index (κ3) is 2.40. The van der Waals surface area contributed by atoms with E-state index >= 15 is 0 Å². The first-order valence-corrected chi connectivity index (χ1v) is 4.22. The summed E-state index contributed by atoms with van der Waals surface area (Å²) in [6, 6.07) is 0. The second-order valence-electron chi connectivity index (χ2n) is 2.82. The van der Waals surface area contributed by atoms with Crippen LogP contribution in [0, 0.1) is 0 Å². The molecule has 4 heteroatoms. The quantitative estimate of drug-likeness (QED) is 0.599. The summed E-state index contributed by atoms with van der Waals surface area (Å²) < 4.78 is 0. The fourth-order valence-corrected chi connectivity index (χ4v) is 1.20. The lowest BCUT2D eigenvalue weighted by atomic mass is 10.1. The SMILES string of the molecule is Nc1c(CCO)cncc1CCO. The number of nitrogen functional groups attached to an aromatic ring is 1. The second kappa shape index (κ2) is 4.79. The molecule has 0 aliphatic carbocycles. The van der Waals surface area contributed by atoms with Crippen LogP contribution in [0.4, 0.5) is 5.69 Å². The van der Waals surface area contributed by atoms with E-state index in [1.165, 1.54) is 0 Å². The van der Waals surface area contributed by atoms with Crippen molar-refractivity contribution < 1.29 is 10.2 Å². The molecule has 0 bridgehead atoms. The van der Waals surface area contributed by atoms with Gasteiger partial charge in [0.05, 0.1) is 0 Å². The number of aliphatic hydroxyl groups excluding tert-OH is 2. The zero-order valence-electron chi connectivity index (χ0n) is 7.40. The molecule has 0 atom stereocenters. The van der Waals surface area contributed by atoms with E-state index in [1.807, 2.05) is 0 Å². The van der Waals surface area contributed by atoms with E-state index in [0.717, 1.165) is 11.1 Å². The van der Waals surface area contributed by atoms with Gasteiger partial charge in [-0.15, -0.1) is 0 Å². The van der Waals surface area contributed by atoms with Crippen LogP contribution in [-0.4, -0.2) is 28.4 Å². The molecule has 0 amide bonds. The standard InChI is InChI=1S/C9H14N2O2/c10-9-7(1-3-12)5-11-6-8(9)2-4-13/h5-6,12-13H,1-4H2,(H2,10,11). The van der Waals surface area contributed by atoms with E-state index in [2.05, 4.69) is 4.98 Å². The van der Waals surface area contributed by atoms with Crippen molar-refractivity contribution >= 4 is 5.69 Å². The summed E-state index contributed by atoms with van der Waals surface area (Å²) in [7, 11) is 0. The molecule has 0 spiro atoms. The predicted molar refractivity (Wildman–Crippen MR) is 50.2 cm³/mol. The van der Waals surface area contributed by atoms with E-state index in [1.54, 1.807) is 12.4 Å². The Balaban J connectivity index is 2.89. The van der Waals surface area contributed by atoms with Crippen LogP contribution in [0.1, 0.15) is 11.1 Å². The highest BCUT2D eigenvalue weighted by Crippen LogP contribution is 2.16. The van der Waals surface area contributed by atoms with Crippen molar-refractivity contribution in [2.24, 2.45) is 0 Å². The molecule has 72 valence electrons. The Bertz CT molecular complexity index is 252. The minimum atomic E-state index is 0.0639. The van der Waals surface area contributed by atoms with Gasteiger partial charge < -0.3 is 15.9 Å². The summed E-state index contributed by atoms with van der Waals surface area (Å²) in [5.41, 5.74) is 8.11. The van der Waals surface area contributed by atoms with Crippen molar-refractivity contribution in [2.75, 3.05) is 18.9 Å². The average molecular weight is 182 g/mol. The molecule has 1 heterocycles. The van der Waals surface area contributed by atoms with Gasteiger partial charge in [0.15, 0.2) is 0 Å². The summed E-state index contributed by atoms with van der Waals surface area (Å²) in [5.74, 6) is 0. The number of aliphatic hydroxyl groups is 2. The Morgan fingerprint density at radius 3 is 1.92 bits per heavy atom. The van der Waals surface area contributed by atoms with Crippen LogP contribution in [0.5, 0.6) is 0 Å². The molecule has 0 saturated heterocycles. The van der Waals surface area contributed by atoms with E-state index in [4.69, 9.17) is 15.9 Å². The van der Waals surface area contributed by atoms with Crippen molar-refractivity contribution in [3.63, 3.8) is 0 Å². The fourth-order valence-electron chi connectivity index (χ4n) is 1.20. The van der Waals surface area contributed by atoms with Gasteiger partial charge in [0.25, 0.3) is 0 Å². The first-order valence-electron chi connectivity index (χ1n) is 4.22. The lowest BCUT2D eigenvalue weighted by Gasteiger charge is -2.07. The van der Waals surface area contributed by atoms with Crippen LogP contribution >= 0.6 is 0 Å². The highest BCUT2D eigenvalue weighted by Gasteiger charge is 2.04. The Hall–Kier alpha value is -1.13. The largest absolute Gasteiger partial charge is 0.398 e. The predicted octanol–water partition coefficient (Wildman–Crippen LogP) is -0.267. The van der Waals surface area contributed by atoms with E-state index in [0.29, 0.717) is 18.5 Å². The fraction of sp³-hybridized carbons (Fsp3) is 0.444. The van der Waals surface area contributed by atoms with Gasteiger partial charge in [0.1, 0.15) is 0 Å². The van der Waals surface area contributed by atoms with Gasteiger partial charge in [0, 0.05) is 31.3 Å². The Labute approximate surface area is 77.0 Å². The molecular weight excluding hydrogens is 168 g/mol. The normalized spacial score (nSPS) is 10.3. The van der Waals surface area contributed by atoms with Crippen molar-refractivity contribution in [1.29, 1.82) is 0 Å². The van der Waals surface area contributed by atoms with Crippen LogP contribution in [0.25, 0.3) is 0 Å². The van der Waals surface area contributed by atoms with Crippen LogP contribution in [-0.2, 0) is 12.8 Å². The number of nitrogens with two attached hydrogens (primary N) is 1. The van der Waals surface area contributed by atoms with Gasteiger partial charge in [-0.25, -0.2) is 0 Å². The molecule has 0 aliphatic heterocycles. The maximum Gasteiger partial charge on any atom is 0.0472 e. The minimum Gasteiger partial charge on any atom is -0.398 e. The molecule has 0 aromatic carbocycles. The maximum atomic E-state index is 8.73. The molecule has 0 aliphatic rings. The van der Waals surface area contributed by atoms with E-state index < -0.39 is 0 Å². The first-order chi connectivity index (χ1) is 6.29. The molecular formula is C9H14N2O2. The zero-order chi connectivity index (χ0) is 9.68. The number of pyridine rings is 1. The lowest BCUT2D eigenvalue weighted by Crippen LogP contribution is -2.04. The summed E-state index contributed by atoms with van der Waals surface area (Å²) in [5, 5.41) is 17.5. The number of rotatable bonds is 4. The second-order valence-corrected chi connectivity index (χ2v) is 2.82. The van der Waals surface area contributed by atoms with Crippen LogP contribution in [0.3, 0.4) is 0 Å². The van der Waals surface area contributed by atoms with E-state index in [9.17, 15) is 0 Å². The van der Waals surface area contributed by atoms with E-state index in [-0.39, 0.29) is 13.2 Å². The Morgan fingerprint density at radius 2 is 1.54 bits per heavy atom. The van der Waals surface area contributed by atoms with Crippen molar-refractivity contribution in [2.45, 2.75) is 12.8 Å². The summed E-state index contributed by atoms with van der Waals surface area (Å²) >= 11 is 0. The number of hydrogen-bond acceptors (Lipinski definition) is 4. The van der Waals surface area contributed by atoms with Gasteiger partial charge in [-0.2, -0.15) is 0 Å². The molecule has 1 rings (SSSR count). The van der Waals surface area contributed by atoms with Crippen molar-refractivity contribution in [1.82, 2.24) is 4.98 Å². The summed E-state index contributed by atoms with van der Waals surface area (Å²) in [6.45, 7) is 0.128. The van der Waals surface area contributed by atoms with Gasteiger partial charge in [-0.3, -0.25) is 4.98 Å². The van der Waals surface area contributed by atoms with Gasteiger partial charge >= 0.3 is 0 Å². The number of anilines is 1. The molecule has 0 unspecified atom stereocenters. The highest BCUT2D eigenvalue weighted by molar-refractivity contribution is 5.52. The molecule has 0 radical (unpaired) electrons. The van der Waals surface area contributed by atoms with Gasteiger partial charge in [-0.05, 0) is 24.0 Å². The van der Waals surface area contributed by atoms with Crippen LogP contribution < -0.4 is 5.73 Å². The highest BCUT2D eigenvalue weighted by atomic mass is 16.3. The van der Waals surface area contributed by atoms with Gasteiger partial charge in [-0.1, -0.05) is 0 Å². The van der Waals surface area contributed by atoms with Crippen molar-refractivity contribution in [3.8, 4) is 0 Å². The Kier molecular flexibility index (Phi) is 3.67. The van der Waals surface area contributed by atoms with Gasteiger partial charge in [0.2, 0.25) is 0 Å². The van der Waals surface area contributed by atoms with Crippen LogP contribution in [0.15, 0.2) is 12.4 Å². The van der Waals surface area contributed by atoms with Crippen LogP contribution in [0.2, 0.25) is 0 Å². The minimum absolute atomic E-state index is 0.0639. The third-order valence-electron chi connectivity index (χ3n) is 1.91. The molecule has 13 heavy (non-hydrogen) atoms. The summed E-state index contributed by atoms with van der Waals surface area (Å²) in [4.78, 5) is 3.98. The molecule has 4 nitrogen and oxygen atoms in total. The monoisotopic (exact) mass is 182 g/mol. The maximum absolute atomic E-state index is 8.73. The Morgan fingerprint density at radius 1 is 1.08 bits per heavy atom. The third-order valence-corrected chi connectivity index (χ3v) is 1.91. The number of aromatic nitrogens is 1. The molecule has 0 fully saturated rings. The molecule has 0 saturated carbocycles. The zero-order valence-corrected chi connectivity index (χ0v) is 7.40. The molecule has 1 aromatic rings. The average Bonchev–Trinajstić information content (AvgIpc) is 2.13. The summed E-state index contributed by atoms with van der Waals surface area (Å²) in [6.07, 6.45) is 4.31.